The molecule has 202 valence electrons. The Hall–Kier alpha value is -3.43. The maximum Gasteiger partial charge on any atom is 0.303 e. The highest BCUT2D eigenvalue weighted by molar-refractivity contribution is 6.01. The number of carboxylic acids is 1. The van der Waals surface area contributed by atoms with Crippen LogP contribution in [0, 0.1) is 0 Å². The number of nitrogens with two attached hydrogens (primary N) is 1. The minimum Gasteiger partial charge on any atom is -0.489 e. The molecule has 0 bridgehead atoms. The average Bonchev–Trinajstić information content (AvgIpc) is 3.71. The number of hydrogen-bond acceptors (Lipinski definition) is 6. The third kappa shape index (κ3) is 5.68. The largest absolute Gasteiger partial charge is 0.489 e. The van der Waals surface area contributed by atoms with Gasteiger partial charge in [0.2, 0.25) is 5.91 Å². The van der Waals surface area contributed by atoms with E-state index in [9.17, 15) is 14.4 Å². The van der Waals surface area contributed by atoms with Gasteiger partial charge in [0.05, 0.1) is 6.54 Å². The Balaban J connectivity index is 1.20. The van der Waals surface area contributed by atoms with E-state index in [-0.39, 0.29) is 25.3 Å². The normalized spacial score (nSPS) is 19.7. The van der Waals surface area contributed by atoms with Crippen molar-refractivity contribution in [2.24, 2.45) is 5.73 Å². The minimum atomic E-state index is -1.04. The lowest BCUT2D eigenvalue weighted by atomic mass is 10.0. The zero-order chi connectivity index (χ0) is 26.8. The van der Waals surface area contributed by atoms with Crippen molar-refractivity contribution in [2.75, 3.05) is 26.2 Å². The lowest BCUT2D eigenvalue weighted by molar-refractivity contribution is -0.137. The van der Waals surface area contributed by atoms with Crippen LogP contribution in [-0.4, -0.2) is 75.9 Å². The molecule has 0 aromatic heterocycles. The van der Waals surface area contributed by atoms with Gasteiger partial charge in [0.15, 0.2) is 0 Å². The summed E-state index contributed by atoms with van der Waals surface area (Å²) >= 11 is 0. The van der Waals surface area contributed by atoms with E-state index in [1.165, 1.54) is 23.3 Å². The van der Waals surface area contributed by atoms with E-state index in [0.717, 1.165) is 37.8 Å². The topological polar surface area (TPSA) is 116 Å². The molecule has 2 amide bonds. The summed E-state index contributed by atoms with van der Waals surface area (Å²) in [4.78, 5) is 42.6. The van der Waals surface area contributed by atoms with Crippen LogP contribution >= 0.6 is 0 Å². The second-order valence-corrected chi connectivity index (χ2v) is 10.6. The first kappa shape index (κ1) is 26.2. The molecule has 1 unspecified atom stereocenters. The zero-order valence-corrected chi connectivity index (χ0v) is 21.8. The zero-order valence-electron chi connectivity index (χ0n) is 21.8. The third-order valence-corrected chi connectivity index (χ3v) is 8.11. The predicted molar refractivity (Wildman–Crippen MR) is 142 cm³/mol. The van der Waals surface area contributed by atoms with E-state index < -0.39 is 17.9 Å². The van der Waals surface area contributed by atoms with Gasteiger partial charge in [0.25, 0.3) is 5.91 Å². The molecule has 2 atom stereocenters. The summed E-state index contributed by atoms with van der Waals surface area (Å²) in [5, 5.41) is 9.01. The van der Waals surface area contributed by atoms with Crippen LogP contribution in [0.3, 0.4) is 0 Å². The number of rotatable bonds is 11. The van der Waals surface area contributed by atoms with Crippen molar-refractivity contribution in [3.05, 3.63) is 64.7 Å². The predicted octanol–water partition coefficient (Wildman–Crippen LogP) is 2.78. The number of hydrogen-bond donors (Lipinski definition) is 2. The van der Waals surface area contributed by atoms with Crippen molar-refractivity contribution in [1.29, 1.82) is 0 Å². The Morgan fingerprint density at radius 3 is 2.42 bits per heavy atom. The Morgan fingerprint density at radius 1 is 1.08 bits per heavy atom. The number of nitrogens with zero attached hydrogens (tertiary/aromatic N) is 3. The van der Waals surface area contributed by atoms with E-state index in [1.54, 1.807) is 12.1 Å². The molecule has 2 aliphatic heterocycles. The molecule has 38 heavy (non-hydrogen) atoms. The van der Waals surface area contributed by atoms with Crippen LogP contribution in [0.25, 0.3) is 0 Å². The highest BCUT2D eigenvalue weighted by Gasteiger charge is 2.37. The number of primary amides is 1. The van der Waals surface area contributed by atoms with Crippen LogP contribution in [0.1, 0.15) is 65.7 Å². The van der Waals surface area contributed by atoms with Crippen LogP contribution in [0.15, 0.2) is 42.5 Å². The molecule has 2 fully saturated rings. The third-order valence-electron chi connectivity index (χ3n) is 8.11. The van der Waals surface area contributed by atoms with Crippen LogP contribution in [0.2, 0.25) is 0 Å². The molecule has 1 aliphatic carbocycles. The number of ether oxygens (including phenoxy) is 1. The Morgan fingerprint density at radius 2 is 1.79 bits per heavy atom. The van der Waals surface area contributed by atoms with Crippen molar-refractivity contribution in [2.45, 2.75) is 63.9 Å². The van der Waals surface area contributed by atoms with E-state index in [4.69, 9.17) is 15.6 Å². The maximum atomic E-state index is 13.0. The quantitative estimate of drug-likeness (QED) is 0.468. The van der Waals surface area contributed by atoms with Crippen LogP contribution in [-0.2, 0) is 22.7 Å². The number of amides is 2. The fourth-order valence-corrected chi connectivity index (χ4v) is 5.62. The van der Waals surface area contributed by atoms with E-state index >= 15 is 0 Å². The summed E-state index contributed by atoms with van der Waals surface area (Å²) < 4.78 is 6.12. The van der Waals surface area contributed by atoms with Gasteiger partial charge in [-0.2, -0.15) is 0 Å². The highest BCUT2D eigenvalue weighted by atomic mass is 16.5. The first-order valence-corrected chi connectivity index (χ1v) is 13.5. The summed E-state index contributed by atoms with van der Waals surface area (Å²) in [6, 6.07) is 14.0. The van der Waals surface area contributed by atoms with Crippen molar-refractivity contribution in [3.63, 3.8) is 0 Å². The molecule has 2 heterocycles. The molecule has 9 heteroatoms. The van der Waals surface area contributed by atoms with Gasteiger partial charge in [-0.3, -0.25) is 24.2 Å². The molecule has 1 saturated heterocycles. The summed E-state index contributed by atoms with van der Waals surface area (Å²) in [6.07, 6.45) is 2.45. The number of carboxylic acid groups (broad SMARTS) is 1. The summed E-state index contributed by atoms with van der Waals surface area (Å²) in [5.74, 6) is -1.52. The molecule has 3 aliphatic rings. The number of fused-ring (bicyclic) bond motifs is 1. The second-order valence-electron chi connectivity index (χ2n) is 10.6. The molecule has 0 spiro atoms. The standard InChI is InChI=1S/C29H36N4O5/c1-19(31-13-15-32(16-14-31)22-9-10-22)21-7-5-20(6-8-21)18-38-26-4-2-3-23-24(26)17-33(29(23)37)25(28(30)36)11-12-27(34)35/h2-8,19,22,25H,9-18H2,1H3,(H2,30,36)(H,34,35)/t19-,25?/m1/s1. The number of piperazine rings is 1. The van der Waals surface area contributed by atoms with Gasteiger partial charge in [-0.1, -0.05) is 30.3 Å². The maximum absolute atomic E-state index is 13.0. The lowest BCUT2D eigenvalue weighted by Crippen LogP contribution is -2.47. The van der Waals surface area contributed by atoms with Gasteiger partial charge in [-0.05, 0) is 49.4 Å². The fraction of sp³-hybridized carbons (Fsp3) is 0.483. The molecule has 3 N–H and O–H groups in total. The van der Waals surface area contributed by atoms with Crippen LogP contribution in [0.4, 0.5) is 0 Å². The second kappa shape index (κ2) is 11.1. The molecule has 1 saturated carbocycles. The van der Waals surface area contributed by atoms with Gasteiger partial charge < -0.3 is 20.5 Å². The SMILES string of the molecule is C[C@H](c1ccc(COc2cccc3c2CN(C(CCC(=O)O)C(N)=O)C3=O)cc1)N1CCN(C2CC2)CC1. The average molecular weight is 521 g/mol. The minimum absolute atomic E-state index is 0.0262. The van der Waals surface area contributed by atoms with Crippen LogP contribution in [0.5, 0.6) is 5.75 Å². The van der Waals surface area contributed by atoms with Gasteiger partial charge in [-0.15, -0.1) is 0 Å². The molecule has 2 aromatic rings. The van der Waals surface area contributed by atoms with E-state index in [0.29, 0.717) is 29.5 Å². The Labute approximate surface area is 223 Å². The highest BCUT2D eigenvalue weighted by Crippen LogP contribution is 2.34. The number of carbonyl (C=O) groups excluding carboxylic acids is 2. The van der Waals surface area contributed by atoms with Gasteiger partial charge >= 0.3 is 5.97 Å². The van der Waals surface area contributed by atoms with Gasteiger partial charge in [-0.25, -0.2) is 0 Å². The summed E-state index contributed by atoms with van der Waals surface area (Å²) in [6.45, 7) is 7.28. The molecular formula is C29H36N4O5. The molecular weight excluding hydrogens is 484 g/mol. The molecule has 5 rings (SSSR count). The van der Waals surface area contributed by atoms with Gasteiger partial charge in [0, 0.05) is 55.8 Å². The summed E-state index contributed by atoms with van der Waals surface area (Å²) in [7, 11) is 0. The Bertz CT molecular complexity index is 1190. The molecule has 0 radical (unpaired) electrons. The first-order valence-electron chi connectivity index (χ1n) is 13.5. The monoisotopic (exact) mass is 520 g/mol. The van der Waals surface area contributed by atoms with E-state index in [1.807, 2.05) is 6.07 Å². The van der Waals surface area contributed by atoms with Crippen molar-refractivity contribution in [1.82, 2.24) is 14.7 Å². The Kier molecular flexibility index (Phi) is 7.67. The lowest BCUT2D eigenvalue weighted by Gasteiger charge is -2.38. The first-order chi connectivity index (χ1) is 18.3. The van der Waals surface area contributed by atoms with E-state index in [2.05, 4.69) is 41.0 Å². The fourth-order valence-electron chi connectivity index (χ4n) is 5.62. The van der Waals surface area contributed by atoms with Crippen LogP contribution < -0.4 is 10.5 Å². The molecule has 2 aromatic carbocycles. The number of aliphatic carboxylic acids is 1. The number of benzene rings is 2. The molecule has 9 nitrogen and oxygen atoms in total. The smallest absolute Gasteiger partial charge is 0.303 e. The van der Waals surface area contributed by atoms with Crippen molar-refractivity contribution >= 4 is 17.8 Å². The van der Waals surface area contributed by atoms with Crippen molar-refractivity contribution in [3.8, 4) is 5.75 Å². The number of carbonyl (C=O) groups is 3. The van der Waals surface area contributed by atoms with Gasteiger partial charge in [0.1, 0.15) is 18.4 Å². The van der Waals surface area contributed by atoms with Crippen molar-refractivity contribution < 1.29 is 24.2 Å². The summed E-state index contributed by atoms with van der Waals surface area (Å²) in [5.41, 5.74) is 8.96.